The lowest BCUT2D eigenvalue weighted by molar-refractivity contribution is 0.487. The zero-order chi connectivity index (χ0) is 11.5. The normalized spacial score (nSPS) is 10.7. The van der Waals surface area contributed by atoms with E-state index in [1.54, 1.807) is 19.2 Å². The number of aromatic nitrogens is 1. The van der Waals surface area contributed by atoms with Gasteiger partial charge in [0, 0.05) is 4.47 Å². The van der Waals surface area contributed by atoms with Crippen molar-refractivity contribution in [1.29, 1.82) is 0 Å². The molecule has 0 saturated carbocycles. The van der Waals surface area contributed by atoms with Gasteiger partial charge >= 0.3 is 0 Å². The third-order valence-corrected chi connectivity index (χ3v) is 2.75. The lowest BCUT2D eigenvalue weighted by Gasteiger charge is -2.01. The molecule has 0 unspecified atom stereocenters. The summed E-state index contributed by atoms with van der Waals surface area (Å²) in [5, 5.41) is 2.92. The molecule has 0 aliphatic heterocycles. The molecule has 0 radical (unpaired) electrons. The second-order valence-electron chi connectivity index (χ2n) is 3.25. The first-order valence-corrected chi connectivity index (χ1v) is 5.55. The number of oxazole rings is 1. The minimum atomic E-state index is -0.332. The molecule has 0 spiro atoms. The van der Waals surface area contributed by atoms with Crippen molar-refractivity contribution in [3.05, 3.63) is 40.6 Å². The van der Waals surface area contributed by atoms with Gasteiger partial charge in [-0.1, -0.05) is 6.07 Å². The van der Waals surface area contributed by atoms with Gasteiger partial charge in [0.1, 0.15) is 5.82 Å². The van der Waals surface area contributed by atoms with E-state index in [-0.39, 0.29) is 5.82 Å². The molecule has 0 saturated heterocycles. The number of hydrogen-bond donors (Lipinski definition) is 1. The monoisotopic (exact) mass is 284 g/mol. The second-order valence-corrected chi connectivity index (χ2v) is 4.10. The zero-order valence-electron chi connectivity index (χ0n) is 8.63. The minimum Gasteiger partial charge on any atom is -0.439 e. The van der Waals surface area contributed by atoms with E-state index in [4.69, 9.17) is 4.42 Å². The summed E-state index contributed by atoms with van der Waals surface area (Å²) in [6.45, 7) is 0.520. The quantitative estimate of drug-likeness (QED) is 0.942. The van der Waals surface area contributed by atoms with Crippen LogP contribution in [0.25, 0.3) is 11.3 Å². The third kappa shape index (κ3) is 2.15. The van der Waals surface area contributed by atoms with Crippen molar-refractivity contribution in [3.63, 3.8) is 0 Å². The van der Waals surface area contributed by atoms with E-state index in [0.29, 0.717) is 28.2 Å². The van der Waals surface area contributed by atoms with Crippen LogP contribution in [0.4, 0.5) is 4.39 Å². The van der Waals surface area contributed by atoms with Gasteiger partial charge < -0.3 is 9.73 Å². The van der Waals surface area contributed by atoms with E-state index >= 15 is 0 Å². The van der Waals surface area contributed by atoms with Gasteiger partial charge in [-0.05, 0) is 35.1 Å². The largest absolute Gasteiger partial charge is 0.439 e. The Labute approximate surface area is 101 Å². The molecule has 2 rings (SSSR count). The molecule has 0 atom stereocenters. The summed E-state index contributed by atoms with van der Waals surface area (Å²) in [6, 6.07) is 4.78. The number of nitrogens with one attached hydrogen (secondary N) is 1. The van der Waals surface area contributed by atoms with Crippen LogP contribution < -0.4 is 5.32 Å². The molecular weight excluding hydrogens is 275 g/mol. The maximum Gasteiger partial charge on any atom is 0.208 e. The summed E-state index contributed by atoms with van der Waals surface area (Å²) >= 11 is 3.29. The zero-order valence-corrected chi connectivity index (χ0v) is 10.2. The highest BCUT2D eigenvalue weighted by atomic mass is 79.9. The van der Waals surface area contributed by atoms with Gasteiger partial charge in [0.05, 0.1) is 18.3 Å². The predicted molar refractivity (Wildman–Crippen MR) is 62.4 cm³/mol. The Morgan fingerprint density at radius 2 is 2.31 bits per heavy atom. The number of benzene rings is 1. The molecule has 2 aromatic rings. The first-order valence-electron chi connectivity index (χ1n) is 4.76. The number of hydrogen-bond acceptors (Lipinski definition) is 3. The van der Waals surface area contributed by atoms with Crippen molar-refractivity contribution in [2.75, 3.05) is 7.05 Å². The summed E-state index contributed by atoms with van der Waals surface area (Å²) in [6.07, 6.45) is 1.52. The topological polar surface area (TPSA) is 38.1 Å². The fourth-order valence-electron chi connectivity index (χ4n) is 1.39. The van der Waals surface area contributed by atoms with Gasteiger partial charge in [0.25, 0.3) is 0 Å². The Kier molecular flexibility index (Phi) is 3.36. The fourth-order valence-corrected chi connectivity index (χ4v) is 1.93. The Morgan fingerprint density at radius 1 is 1.50 bits per heavy atom. The summed E-state index contributed by atoms with van der Waals surface area (Å²) in [5.74, 6) is 0.629. The van der Waals surface area contributed by atoms with Gasteiger partial charge in [0.15, 0.2) is 5.76 Å². The van der Waals surface area contributed by atoms with Crippen LogP contribution in [-0.2, 0) is 6.54 Å². The lowest BCUT2D eigenvalue weighted by atomic mass is 10.2. The first-order chi connectivity index (χ1) is 7.72. The molecule has 1 aromatic carbocycles. The van der Waals surface area contributed by atoms with Crippen LogP contribution in [0.15, 0.2) is 33.3 Å². The van der Waals surface area contributed by atoms with Crippen molar-refractivity contribution < 1.29 is 8.81 Å². The SMILES string of the molecule is CNCc1ncc(-c2c(F)cccc2Br)o1. The standard InChI is InChI=1S/C11H10BrFN2O/c1-14-6-10-15-5-9(16-10)11-7(12)3-2-4-8(11)13/h2-5,14H,6H2,1H3. The molecule has 1 aromatic heterocycles. The average Bonchev–Trinajstić information content (AvgIpc) is 2.67. The van der Waals surface area contributed by atoms with E-state index in [0.717, 1.165) is 0 Å². The van der Waals surface area contributed by atoms with Crippen LogP contribution in [-0.4, -0.2) is 12.0 Å². The number of rotatable bonds is 3. The van der Waals surface area contributed by atoms with E-state index in [1.165, 1.54) is 12.3 Å². The van der Waals surface area contributed by atoms with Gasteiger partial charge in [-0.2, -0.15) is 0 Å². The smallest absolute Gasteiger partial charge is 0.208 e. The Bertz CT molecular complexity index is 478. The van der Waals surface area contributed by atoms with Crippen LogP contribution in [0.3, 0.4) is 0 Å². The van der Waals surface area contributed by atoms with Crippen LogP contribution in [0.2, 0.25) is 0 Å². The molecule has 0 fully saturated rings. The first kappa shape index (κ1) is 11.3. The fraction of sp³-hybridized carbons (Fsp3) is 0.182. The highest BCUT2D eigenvalue weighted by Crippen LogP contribution is 2.31. The van der Waals surface area contributed by atoms with Crippen LogP contribution in [0.1, 0.15) is 5.89 Å². The van der Waals surface area contributed by atoms with Crippen molar-refractivity contribution in [3.8, 4) is 11.3 Å². The van der Waals surface area contributed by atoms with Gasteiger partial charge in [0.2, 0.25) is 5.89 Å². The summed E-state index contributed by atoms with van der Waals surface area (Å²) in [4.78, 5) is 4.05. The van der Waals surface area contributed by atoms with Gasteiger partial charge in [-0.25, -0.2) is 9.37 Å². The maximum atomic E-state index is 13.6. The van der Waals surface area contributed by atoms with E-state index in [2.05, 4.69) is 26.2 Å². The van der Waals surface area contributed by atoms with Crippen molar-refractivity contribution in [2.24, 2.45) is 0 Å². The lowest BCUT2D eigenvalue weighted by Crippen LogP contribution is -2.04. The second kappa shape index (κ2) is 4.76. The van der Waals surface area contributed by atoms with Crippen molar-refractivity contribution in [1.82, 2.24) is 10.3 Å². The highest BCUT2D eigenvalue weighted by molar-refractivity contribution is 9.10. The van der Waals surface area contributed by atoms with Crippen LogP contribution in [0, 0.1) is 5.82 Å². The molecule has 1 heterocycles. The molecule has 0 aliphatic rings. The molecular formula is C11H10BrFN2O. The maximum absolute atomic E-state index is 13.6. The Morgan fingerprint density at radius 3 is 3.00 bits per heavy atom. The molecule has 3 nitrogen and oxygen atoms in total. The summed E-state index contributed by atoms with van der Waals surface area (Å²) < 4.78 is 19.7. The predicted octanol–water partition coefficient (Wildman–Crippen LogP) is 2.96. The summed E-state index contributed by atoms with van der Waals surface area (Å²) in [5.41, 5.74) is 0.400. The van der Waals surface area contributed by atoms with Gasteiger partial charge in [-0.15, -0.1) is 0 Å². The van der Waals surface area contributed by atoms with Crippen LogP contribution >= 0.6 is 15.9 Å². The molecule has 16 heavy (non-hydrogen) atoms. The van der Waals surface area contributed by atoms with Crippen molar-refractivity contribution in [2.45, 2.75) is 6.54 Å². The highest BCUT2D eigenvalue weighted by Gasteiger charge is 2.13. The minimum absolute atomic E-state index is 0.332. The number of halogens is 2. The van der Waals surface area contributed by atoms with Gasteiger partial charge in [-0.3, -0.25) is 0 Å². The van der Waals surface area contributed by atoms with E-state index < -0.39 is 0 Å². The number of nitrogens with zero attached hydrogens (tertiary/aromatic N) is 1. The molecule has 0 bridgehead atoms. The average molecular weight is 285 g/mol. The Balaban J connectivity index is 2.42. The molecule has 0 amide bonds. The molecule has 1 N–H and O–H groups in total. The van der Waals surface area contributed by atoms with Crippen LogP contribution in [0.5, 0.6) is 0 Å². The molecule has 84 valence electrons. The van der Waals surface area contributed by atoms with E-state index in [9.17, 15) is 4.39 Å². The molecule has 0 aliphatic carbocycles. The third-order valence-electron chi connectivity index (χ3n) is 2.09. The van der Waals surface area contributed by atoms with E-state index in [1.807, 2.05) is 0 Å². The molecule has 5 heteroatoms. The summed E-state index contributed by atoms with van der Waals surface area (Å²) in [7, 11) is 1.79. The van der Waals surface area contributed by atoms with Crippen molar-refractivity contribution >= 4 is 15.9 Å². The Hall–Kier alpha value is -1.20.